The topological polar surface area (TPSA) is 54.0 Å². The molecule has 148 valence electrons. The van der Waals surface area contributed by atoms with Gasteiger partial charge in [-0.05, 0) is 19.8 Å². The summed E-state index contributed by atoms with van der Waals surface area (Å²) >= 11 is 0. The zero-order chi connectivity index (χ0) is 19.1. The molecule has 0 aliphatic carbocycles. The van der Waals surface area contributed by atoms with E-state index in [1.807, 2.05) is 6.92 Å². The maximum absolute atomic E-state index is 11.9. The first-order chi connectivity index (χ1) is 11.9. The van der Waals surface area contributed by atoms with Gasteiger partial charge in [-0.1, -0.05) is 60.0 Å². The number of rotatable bonds is 16. The van der Waals surface area contributed by atoms with Crippen molar-refractivity contribution < 1.29 is 22.8 Å². The minimum atomic E-state index is -2.88. The Hall–Kier alpha value is -0.693. The average Bonchev–Trinajstić information content (AvgIpc) is 2.55. The van der Waals surface area contributed by atoms with Gasteiger partial charge in [0.2, 0.25) is 0 Å². The number of ether oxygens (including phenoxy) is 1. The molecule has 1 unspecified atom stereocenters. The summed E-state index contributed by atoms with van der Waals surface area (Å²) in [7, 11) is -2.88. The van der Waals surface area contributed by atoms with Crippen molar-refractivity contribution in [2.45, 2.75) is 91.9 Å². The summed E-state index contributed by atoms with van der Waals surface area (Å²) in [5.41, 5.74) is 0.367. The first kappa shape index (κ1) is 24.3. The molecule has 0 aliphatic rings. The summed E-state index contributed by atoms with van der Waals surface area (Å²) in [6.07, 6.45) is 5.74. The highest BCUT2D eigenvalue weighted by Crippen LogP contribution is 2.24. The van der Waals surface area contributed by atoms with Gasteiger partial charge in [-0.15, -0.1) is 0 Å². The van der Waals surface area contributed by atoms with Crippen molar-refractivity contribution >= 4 is 14.8 Å². The molecule has 0 spiro atoms. The Bertz CT molecular complexity index is 363. The van der Waals surface area contributed by atoms with Crippen LogP contribution in [0.2, 0.25) is 6.04 Å². The van der Waals surface area contributed by atoms with Crippen LogP contribution in [-0.2, 0) is 22.8 Å². The lowest BCUT2D eigenvalue weighted by Gasteiger charge is -2.33. The van der Waals surface area contributed by atoms with Crippen LogP contribution in [0.4, 0.5) is 0 Å². The van der Waals surface area contributed by atoms with Gasteiger partial charge in [0.05, 0.1) is 0 Å². The van der Waals surface area contributed by atoms with Gasteiger partial charge in [-0.25, -0.2) is 4.79 Å². The zero-order valence-corrected chi connectivity index (χ0v) is 17.9. The normalized spacial score (nSPS) is 12.8. The maximum atomic E-state index is 11.9. The van der Waals surface area contributed by atoms with Crippen LogP contribution in [0.25, 0.3) is 0 Å². The Labute approximate surface area is 155 Å². The number of hydrogen-bond acceptors (Lipinski definition) is 5. The maximum Gasteiger partial charge on any atom is 0.503 e. The van der Waals surface area contributed by atoms with E-state index in [-0.39, 0.29) is 0 Å². The van der Waals surface area contributed by atoms with Gasteiger partial charge in [-0.3, -0.25) is 0 Å². The van der Waals surface area contributed by atoms with Crippen LogP contribution >= 0.6 is 0 Å². The molecular formula is C19H38O5Si. The van der Waals surface area contributed by atoms with E-state index in [0.29, 0.717) is 25.2 Å². The molecule has 0 saturated heterocycles. The van der Waals surface area contributed by atoms with Gasteiger partial charge in [0.25, 0.3) is 0 Å². The molecule has 0 fully saturated rings. The molecule has 0 radical (unpaired) electrons. The zero-order valence-electron chi connectivity index (χ0n) is 16.9. The molecular weight excluding hydrogens is 336 g/mol. The summed E-state index contributed by atoms with van der Waals surface area (Å²) in [5.74, 6) is -0.431. The lowest BCUT2D eigenvalue weighted by molar-refractivity contribution is -0.167. The number of carbonyl (C=O) groups excluding carboxylic acids is 1. The molecule has 1 atom stereocenters. The van der Waals surface area contributed by atoms with E-state index >= 15 is 0 Å². The fourth-order valence-electron chi connectivity index (χ4n) is 2.16. The van der Waals surface area contributed by atoms with Crippen LogP contribution < -0.4 is 0 Å². The third kappa shape index (κ3) is 10.8. The predicted molar refractivity (Wildman–Crippen MR) is 103 cm³/mol. The van der Waals surface area contributed by atoms with Crippen molar-refractivity contribution in [2.75, 3.05) is 13.2 Å². The first-order valence-electron chi connectivity index (χ1n) is 9.76. The highest BCUT2D eigenvalue weighted by molar-refractivity contribution is 6.60. The van der Waals surface area contributed by atoms with E-state index in [9.17, 15) is 4.79 Å². The van der Waals surface area contributed by atoms with Gasteiger partial charge in [0.15, 0.2) is 6.29 Å². The minimum Gasteiger partial charge on any atom is -0.433 e. The van der Waals surface area contributed by atoms with E-state index in [1.165, 1.54) is 0 Å². The van der Waals surface area contributed by atoms with E-state index in [1.54, 1.807) is 6.92 Å². The molecule has 0 aromatic heterocycles. The predicted octanol–water partition coefficient (Wildman–Crippen LogP) is 5.23. The highest BCUT2D eigenvalue weighted by Gasteiger charge is 2.43. The van der Waals surface area contributed by atoms with Gasteiger partial charge in [0, 0.05) is 31.3 Å². The van der Waals surface area contributed by atoms with Crippen molar-refractivity contribution in [1.82, 2.24) is 0 Å². The van der Waals surface area contributed by atoms with E-state index in [4.69, 9.17) is 18.0 Å². The van der Waals surface area contributed by atoms with Gasteiger partial charge in [-0.2, -0.15) is 0 Å². The Morgan fingerprint density at radius 3 is 1.92 bits per heavy atom. The standard InChI is InChI=1S/C19H38O5Si/c1-7-11-14-21-25(16-10-4,22-15-12-8-2)24-18(13-9-3)23-19(20)17(5)6/h18H,5,7-16H2,1-4,6H3. The Morgan fingerprint density at radius 1 is 0.960 bits per heavy atom. The molecule has 0 aliphatic heterocycles. The summed E-state index contributed by atoms with van der Waals surface area (Å²) in [6.45, 7) is 14.9. The third-order valence-corrected chi connectivity index (χ3v) is 6.64. The Kier molecular flexibility index (Phi) is 14.1. The summed E-state index contributed by atoms with van der Waals surface area (Å²) in [5, 5.41) is 0. The fraction of sp³-hybridized carbons (Fsp3) is 0.842. The molecule has 5 nitrogen and oxygen atoms in total. The second-order valence-electron chi connectivity index (χ2n) is 6.36. The van der Waals surface area contributed by atoms with Crippen LogP contribution in [0.3, 0.4) is 0 Å². The molecule has 0 amide bonds. The minimum absolute atomic E-state index is 0.367. The Balaban J connectivity index is 5.17. The molecule has 0 aromatic carbocycles. The lowest BCUT2D eigenvalue weighted by Crippen LogP contribution is -2.49. The molecule has 0 saturated carbocycles. The second-order valence-corrected chi connectivity index (χ2v) is 9.04. The SMILES string of the molecule is C=C(C)C(=O)OC(CCC)O[Si](CCC)(OCCCC)OCCCC. The third-order valence-electron chi connectivity index (χ3n) is 3.62. The molecule has 25 heavy (non-hydrogen) atoms. The number of hydrogen-bond donors (Lipinski definition) is 0. The molecule has 0 N–H and O–H groups in total. The van der Waals surface area contributed by atoms with E-state index in [2.05, 4.69) is 27.4 Å². The highest BCUT2D eigenvalue weighted by atomic mass is 28.4. The van der Waals surface area contributed by atoms with Crippen molar-refractivity contribution in [2.24, 2.45) is 0 Å². The van der Waals surface area contributed by atoms with Crippen molar-refractivity contribution in [3.05, 3.63) is 12.2 Å². The Morgan fingerprint density at radius 2 is 1.52 bits per heavy atom. The van der Waals surface area contributed by atoms with E-state index in [0.717, 1.165) is 44.6 Å². The summed E-state index contributed by atoms with van der Waals surface area (Å²) in [6, 6.07) is 0.727. The lowest BCUT2D eigenvalue weighted by atomic mass is 10.3. The molecule has 6 heteroatoms. The number of carbonyl (C=O) groups is 1. The molecule has 0 bridgehead atoms. The van der Waals surface area contributed by atoms with E-state index < -0.39 is 21.1 Å². The second kappa shape index (κ2) is 14.5. The van der Waals surface area contributed by atoms with Crippen LogP contribution in [0.5, 0.6) is 0 Å². The van der Waals surface area contributed by atoms with Crippen LogP contribution in [-0.4, -0.2) is 34.3 Å². The first-order valence-corrected chi connectivity index (χ1v) is 11.7. The van der Waals surface area contributed by atoms with Gasteiger partial charge in [0.1, 0.15) is 0 Å². The van der Waals surface area contributed by atoms with Crippen molar-refractivity contribution in [3.8, 4) is 0 Å². The smallest absolute Gasteiger partial charge is 0.433 e. The average molecular weight is 375 g/mol. The molecule has 0 rings (SSSR count). The van der Waals surface area contributed by atoms with Crippen LogP contribution in [0, 0.1) is 0 Å². The van der Waals surface area contributed by atoms with Crippen molar-refractivity contribution in [1.29, 1.82) is 0 Å². The fourth-order valence-corrected chi connectivity index (χ4v) is 4.88. The van der Waals surface area contributed by atoms with Crippen molar-refractivity contribution in [3.63, 3.8) is 0 Å². The largest absolute Gasteiger partial charge is 0.503 e. The van der Waals surface area contributed by atoms with Crippen LogP contribution in [0.15, 0.2) is 12.2 Å². The number of unbranched alkanes of at least 4 members (excludes halogenated alkanes) is 2. The summed E-state index contributed by atoms with van der Waals surface area (Å²) < 4.78 is 24.0. The quantitative estimate of drug-likeness (QED) is 0.122. The van der Waals surface area contributed by atoms with Crippen LogP contribution in [0.1, 0.15) is 79.6 Å². The summed E-state index contributed by atoms with van der Waals surface area (Å²) in [4.78, 5) is 11.9. The molecule has 0 aromatic rings. The number of esters is 1. The monoisotopic (exact) mass is 374 g/mol. The van der Waals surface area contributed by atoms with Gasteiger partial charge < -0.3 is 18.0 Å². The molecule has 0 heterocycles. The van der Waals surface area contributed by atoms with Gasteiger partial charge >= 0.3 is 14.8 Å².